The second-order valence-corrected chi connectivity index (χ2v) is 9.04. The second kappa shape index (κ2) is 9.37. The predicted molar refractivity (Wildman–Crippen MR) is 133 cm³/mol. The molecule has 5 rings (SSSR count). The second-order valence-electron chi connectivity index (χ2n) is 9.04. The van der Waals surface area contributed by atoms with Crippen molar-refractivity contribution < 1.29 is 23.9 Å². The molecule has 184 valence electrons. The van der Waals surface area contributed by atoms with Gasteiger partial charge in [0.2, 0.25) is 5.91 Å². The van der Waals surface area contributed by atoms with Gasteiger partial charge in [-0.25, -0.2) is 4.79 Å². The number of ether oxygens (including phenoxy) is 2. The lowest BCUT2D eigenvalue weighted by molar-refractivity contribution is -0.134. The van der Waals surface area contributed by atoms with E-state index in [1.165, 1.54) is 0 Å². The van der Waals surface area contributed by atoms with Crippen molar-refractivity contribution in [3.05, 3.63) is 95.1 Å². The number of aryl methyl sites for hydroxylation is 2. The van der Waals surface area contributed by atoms with Gasteiger partial charge in [0.05, 0.1) is 6.54 Å². The van der Waals surface area contributed by atoms with Crippen LogP contribution in [-0.2, 0) is 15.1 Å². The topological polar surface area (TPSA) is 97.0 Å². The highest BCUT2D eigenvalue weighted by molar-refractivity contribution is 6.11. The molecule has 0 aliphatic carbocycles. The Bertz CT molecular complexity index is 1330. The first kappa shape index (κ1) is 23.4. The van der Waals surface area contributed by atoms with Crippen LogP contribution in [0.15, 0.2) is 72.8 Å². The monoisotopic (exact) mass is 485 g/mol. The summed E-state index contributed by atoms with van der Waals surface area (Å²) < 4.78 is 11.5. The molecule has 0 radical (unpaired) electrons. The Labute approximate surface area is 209 Å². The van der Waals surface area contributed by atoms with Crippen molar-refractivity contribution in [3.8, 4) is 11.5 Å². The van der Waals surface area contributed by atoms with Gasteiger partial charge in [-0.2, -0.15) is 0 Å². The van der Waals surface area contributed by atoms with Gasteiger partial charge in [-0.3, -0.25) is 14.5 Å². The van der Waals surface area contributed by atoms with Crippen molar-refractivity contribution in [2.75, 3.05) is 19.7 Å². The smallest absolute Gasteiger partial charge is 0.326 e. The fraction of sp³-hybridized carbons (Fsp3) is 0.250. The van der Waals surface area contributed by atoms with E-state index in [2.05, 4.69) is 10.6 Å². The van der Waals surface area contributed by atoms with Crippen LogP contribution in [-0.4, -0.2) is 48.5 Å². The van der Waals surface area contributed by atoms with E-state index in [-0.39, 0.29) is 19.3 Å². The quantitative estimate of drug-likeness (QED) is 0.523. The van der Waals surface area contributed by atoms with Gasteiger partial charge in [-0.05, 0) is 48.2 Å². The molecule has 0 aromatic heterocycles. The lowest BCUT2D eigenvalue weighted by Crippen LogP contribution is -2.47. The zero-order valence-corrected chi connectivity index (χ0v) is 20.1. The molecule has 0 saturated carbocycles. The van der Waals surface area contributed by atoms with Crippen molar-refractivity contribution in [2.45, 2.75) is 25.5 Å². The summed E-state index contributed by atoms with van der Waals surface area (Å²) in [5.74, 6) is 0.300. The Morgan fingerprint density at radius 1 is 0.972 bits per heavy atom. The predicted octanol–water partition coefficient (Wildman–Crippen LogP) is 3.06. The Morgan fingerprint density at radius 2 is 1.69 bits per heavy atom. The van der Waals surface area contributed by atoms with Crippen LogP contribution in [0.2, 0.25) is 0 Å². The fourth-order valence-corrected chi connectivity index (χ4v) is 4.53. The number of fused-ring (bicyclic) bond motifs is 1. The maximum absolute atomic E-state index is 13.8. The number of hydrogen-bond acceptors (Lipinski definition) is 5. The molecule has 0 unspecified atom stereocenters. The molecule has 3 aromatic carbocycles. The lowest BCUT2D eigenvalue weighted by Gasteiger charge is -2.28. The van der Waals surface area contributed by atoms with Gasteiger partial charge in [-0.1, -0.05) is 60.7 Å². The third-order valence-electron chi connectivity index (χ3n) is 6.65. The van der Waals surface area contributed by atoms with Crippen LogP contribution in [0.5, 0.6) is 11.5 Å². The number of hydrogen-bond donors (Lipinski definition) is 2. The van der Waals surface area contributed by atoms with Crippen LogP contribution in [0, 0.1) is 13.8 Å². The minimum Gasteiger partial charge on any atom is -0.486 e. The first-order chi connectivity index (χ1) is 17.4. The average molecular weight is 486 g/mol. The summed E-state index contributed by atoms with van der Waals surface area (Å²) in [4.78, 5) is 40.6. The van der Waals surface area contributed by atoms with E-state index >= 15 is 0 Å². The molecule has 2 N–H and O–H groups in total. The number of carbonyl (C=O) groups excluding carboxylic acids is 3. The number of benzene rings is 3. The maximum Gasteiger partial charge on any atom is 0.326 e. The van der Waals surface area contributed by atoms with Crippen molar-refractivity contribution in [2.24, 2.45) is 0 Å². The molecule has 0 bridgehead atoms. The number of nitrogens with one attached hydrogen (secondary N) is 2. The molecule has 1 saturated heterocycles. The van der Waals surface area contributed by atoms with E-state index in [0.717, 1.165) is 16.0 Å². The Hall–Kier alpha value is -4.33. The van der Waals surface area contributed by atoms with E-state index in [4.69, 9.17) is 9.47 Å². The molecule has 2 heterocycles. The standard InChI is InChI=1S/C28H27N3O5/c1-18-12-13-21(14-19(18)2)28(20-8-4-3-5-9-20)26(33)31(27(34)30-28)16-25(32)29-15-22-17-35-23-10-6-7-11-24(23)36-22/h3-14,22H,15-17H2,1-2H3,(H,29,32)(H,30,34)/t22-,28-/m0/s1. The number of urea groups is 1. The summed E-state index contributed by atoms with van der Waals surface area (Å²) in [6, 6.07) is 21.4. The molecule has 8 nitrogen and oxygen atoms in total. The van der Waals surface area contributed by atoms with Gasteiger partial charge in [-0.15, -0.1) is 0 Å². The summed E-state index contributed by atoms with van der Waals surface area (Å²) in [7, 11) is 0. The van der Waals surface area contributed by atoms with Gasteiger partial charge < -0.3 is 20.1 Å². The molecular formula is C28H27N3O5. The highest BCUT2D eigenvalue weighted by Crippen LogP contribution is 2.37. The molecule has 3 aromatic rings. The van der Waals surface area contributed by atoms with Crippen LogP contribution < -0.4 is 20.1 Å². The van der Waals surface area contributed by atoms with Crippen molar-refractivity contribution >= 4 is 17.8 Å². The van der Waals surface area contributed by atoms with E-state index in [1.807, 2.05) is 68.4 Å². The zero-order valence-electron chi connectivity index (χ0n) is 20.1. The van der Waals surface area contributed by atoms with Crippen LogP contribution in [0.4, 0.5) is 4.79 Å². The molecule has 4 amide bonds. The molecule has 2 aliphatic heterocycles. The highest BCUT2D eigenvalue weighted by Gasteiger charge is 2.54. The van der Waals surface area contributed by atoms with Gasteiger partial charge in [0, 0.05) is 0 Å². The third-order valence-corrected chi connectivity index (χ3v) is 6.65. The van der Waals surface area contributed by atoms with Gasteiger partial charge >= 0.3 is 6.03 Å². The summed E-state index contributed by atoms with van der Waals surface area (Å²) in [5, 5.41) is 5.64. The summed E-state index contributed by atoms with van der Waals surface area (Å²) in [6.45, 7) is 4.00. The van der Waals surface area contributed by atoms with Gasteiger partial charge in [0.15, 0.2) is 17.0 Å². The highest BCUT2D eigenvalue weighted by atomic mass is 16.6. The van der Waals surface area contributed by atoms with E-state index in [0.29, 0.717) is 22.6 Å². The minimum absolute atomic E-state index is 0.178. The molecule has 36 heavy (non-hydrogen) atoms. The number of carbonyl (C=O) groups is 3. The fourth-order valence-electron chi connectivity index (χ4n) is 4.53. The summed E-state index contributed by atoms with van der Waals surface area (Å²) in [6.07, 6.45) is -0.383. The van der Waals surface area contributed by atoms with Crippen molar-refractivity contribution in [3.63, 3.8) is 0 Å². The Kier molecular flexibility index (Phi) is 6.10. The number of rotatable bonds is 6. The largest absolute Gasteiger partial charge is 0.486 e. The number of imide groups is 1. The van der Waals surface area contributed by atoms with Crippen molar-refractivity contribution in [1.29, 1.82) is 0 Å². The third kappa shape index (κ3) is 4.15. The summed E-state index contributed by atoms with van der Waals surface area (Å²) in [5.41, 5.74) is 1.93. The van der Waals surface area contributed by atoms with Gasteiger partial charge in [0.1, 0.15) is 19.3 Å². The number of nitrogens with zero attached hydrogens (tertiary/aromatic N) is 1. The number of amides is 4. The maximum atomic E-state index is 13.8. The van der Waals surface area contributed by atoms with Gasteiger partial charge in [0.25, 0.3) is 5.91 Å². The van der Waals surface area contributed by atoms with E-state index < -0.39 is 29.9 Å². The van der Waals surface area contributed by atoms with Crippen LogP contribution in [0.3, 0.4) is 0 Å². The SMILES string of the molecule is Cc1ccc([C@]2(c3ccccc3)NC(=O)N(CC(=O)NC[C@H]3COc4ccccc4O3)C2=O)cc1C. The molecule has 2 atom stereocenters. The zero-order chi connectivity index (χ0) is 25.3. The molecule has 1 fully saturated rings. The van der Waals surface area contributed by atoms with Crippen molar-refractivity contribution in [1.82, 2.24) is 15.5 Å². The molecule has 8 heteroatoms. The van der Waals surface area contributed by atoms with E-state index in [9.17, 15) is 14.4 Å². The Balaban J connectivity index is 1.33. The normalized spacial score (nSPS) is 20.7. The Morgan fingerprint density at radius 3 is 2.44 bits per heavy atom. The lowest BCUT2D eigenvalue weighted by atomic mass is 9.81. The first-order valence-electron chi connectivity index (χ1n) is 11.8. The van der Waals surface area contributed by atoms with Crippen LogP contribution in [0.1, 0.15) is 22.3 Å². The van der Waals surface area contributed by atoms with E-state index in [1.54, 1.807) is 18.2 Å². The number of para-hydroxylation sites is 2. The van der Waals surface area contributed by atoms with Crippen LogP contribution in [0.25, 0.3) is 0 Å². The first-order valence-corrected chi connectivity index (χ1v) is 11.8. The molecular weight excluding hydrogens is 458 g/mol. The summed E-state index contributed by atoms with van der Waals surface area (Å²) >= 11 is 0. The van der Waals surface area contributed by atoms with Crippen LogP contribution >= 0.6 is 0 Å². The average Bonchev–Trinajstić information content (AvgIpc) is 3.15. The minimum atomic E-state index is -1.42. The molecule has 0 spiro atoms. The molecule has 2 aliphatic rings.